The Morgan fingerprint density at radius 3 is 2.94 bits per heavy atom. The number of aryl methyl sites for hydroxylation is 1. The van der Waals surface area contributed by atoms with Crippen molar-refractivity contribution in [3.05, 3.63) is 33.3 Å². The van der Waals surface area contributed by atoms with E-state index in [0.29, 0.717) is 23.8 Å². The van der Waals surface area contributed by atoms with Crippen LogP contribution >= 0.6 is 27.5 Å². The van der Waals surface area contributed by atoms with Gasteiger partial charge in [0.25, 0.3) is 0 Å². The van der Waals surface area contributed by atoms with Gasteiger partial charge in [-0.1, -0.05) is 27.5 Å². The van der Waals surface area contributed by atoms with Gasteiger partial charge in [-0.25, -0.2) is 0 Å². The van der Waals surface area contributed by atoms with Gasteiger partial charge in [-0.3, -0.25) is 4.79 Å². The molecule has 1 heterocycles. The summed E-state index contributed by atoms with van der Waals surface area (Å²) in [4.78, 5) is 11.7. The van der Waals surface area contributed by atoms with E-state index in [0.717, 1.165) is 29.7 Å². The van der Waals surface area contributed by atoms with Gasteiger partial charge < -0.3 is 10.6 Å². The Morgan fingerprint density at radius 1 is 1.50 bits per heavy atom. The Bertz CT molecular complexity index is 435. The first-order chi connectivity index (χ1) is 8.65. The van der Waals surface area contributed by atoms with Gasteiger partial charge in [0.15, 0.2) is 0 Å². The largest absolute Gasteiger partial charge is 0.356 e. The summed E-state index contributed by atoms with van der Waals surface area (Å²) < 4.78 is 1.00. The molecule has 2 rings (SSSR count). The quantitative estimate of drug-likeness (QED) is 0.870. The molecule has 0 aromatic heterocycles. The Morgan fingerprint density at radius 2 is 2.28 bits per heavy atom. The number of hydrogen-bond acceptors (Lipinski definition) is 2. The van der Waals surface area contributed by atoms with Crippen molar-refractivity contribution in [2.24, 2.45) is 5.92 Å². The van der Waals surface area contributed by atoms with E-state index in [4.69, 9.17) is 11.6 Å². The minimum atomic E-state index is 0.105. The lowest BCUT2D eigenvalue weighted by Crippen LogP contribution is -2.48. The molecule has 3 nitrogen and oxygen atoms in total. The number of rotatable bonds is 5. The van der Waals surface area contributed by atoms with E-state index in [-0.39, 0.29) is 5.91 Å². The predicted molar refractivity (Wildman–Crippen MR) is 76.8 cm³/mol. The van der Waals surface area contributed by atoms with E-state index < -0.39 is 0 Å². The summed E-state index contributed by atoms with van der Waals surface area (Å²) in [7, 11) is 0. The molecule has 0 atom stereocenters. The van der Waals surface area contributed by atoms with Crippen LogP contribution in [0.1, 0.15) is 12.0 Å². The standard InChI is InChI=1S/C13H16BrClN2O/c14-12-3-2-11(15)5-10(12)1-4-13(18)17-8-9-6-16-7-9/h2-3,5,9,16H,1,4,6-8H2,(H,17,18). The van der Waals surface area contributed by atoms with Crippen LogP contribution in [0, 0.1) is 5.92 Å². The van der Waals surface area contributed by atoms with Crippen molar-refractivity contribution in [2.45, 2.75) is 12.8 Å². The molecule has 0 saturated carbocycles. The van der Waals surface area contributed by atoms with Crippen LogP contribution in [0.15, 0.2) is 22.7 Å². The first kappa shape index (κ1) is 13.8. The highest BCUT2D eigenvalue weighted by atomic mass is 79.9. The molecule has 0 spiro atoms. The molecule has 1 amide bonds. The van der Waals surface area contributed by atoms with Crippen LogP contribution in [0.5, 0.6) is 0 Å². The molecule has 1 aliphatic rings. The molecule has 1 aromatic carbocycles. The molecule has 1 aliphatic heterocycles. The van der Waals surface area contributed by atoms with Gasteiger partial charge in [0, 0.05) is 41.5 Å². The van der Waals surface area contributed by atoms with Crippen LogP contribution in [-0.4, -0.2) is 25.5 Å². The highest BCUT2D eigenvalue weighted by Crippen LogP contribution is 2.22. The number of carbonyl (C=O) groups excluding carboxylic acids is 1. The Hall–Kier alpha value is -0.580. The minimum Gasteiger partial charge on any atom is -0.356 e. The second-order valence-corrected chi connectivity index (χ2v) is 5.85. The molecule has 1 aromatic rings. The third kappa shape index (κ3) is 3.97. The number of amides is 1. The van der Waals surface area contributed by atoms with Crippen molar-refractivity contribution in [3.8, 4) is 0 Å². The maximum absolute atomic E-state index is 11.7. The van der Waals surface area contributed by atoms with E-state index in [9.17, 15) is 4.79 Å². The first-order valence-electron chi connectivity index (χ1n) is 6.06. The van der Waals surface area contributed by atoms with Crippen LogP contribution in [0.2, 0.25) is 5.02 Å². The van der Waals surface area contributed by atoms with Gasteiger partial charge in [-0.05, 0) is 30.2 Å². The van der Waals surface area contributed by atoms with Gasteiger partial charge in [-0.15, -0.1) is 0 Å². The van der Waals surface area contributed by atoms with Crippen molar-refractivity contribution in [2.75, 3.05) is 19.6 Å². The second-order valence-electron chi connectivity index (χ2n) is 4.56. The summed E-state index contributed by atoms with van der Waals surface area (Å²) in [6.45, 7) is 2.81. The lowest BCUT2D eigenvalue weighted by molar-refractivity contribution is -0.121. The molecule has 98 valence electrons. The molecule has 2 N–H and O–H groups in total. The third-order valence-corrected chi connectivity index (χ3v) is 4.09. The van der Waals surface area contributed by atoms with Crippen molar-refractivity contribution in [3.63, 3.8) is 0 Å². The van der Waals surface area contributed by atoms with Crippen molar-refractivity contribution >= 4 is 33.4 Å². The number of halogens is 2. The van der Waals surface area contributed by atoms with E-state index in [1.807, 2.05) is 18.2 Å². The van der Waals surface area contributed by atoms with Crippen LogP contribution < -0.4 is 10.6 Å². The fourth-order valence-electron chi connectivity index (χ4n) is 1.82. The lowest BCUT2D eigenvalue weighted by Gasteiger charge is -2.27. The predicted octanol–water partition coefficient (Wildman–Crippen LogP) is 2.37. The Balaban J connectivity index is 1.75. The number of benzene rings is 1. The Kier molecular flexibility index (Phi) is 5.03. The fourth-order valence-corrected chi connectivity index (χ4v) is 2.46. The van der Waals surface area contributed by atoms with E-state index in [1.165, 1.54) is 0 Å². The smallest absolute Gasteiger partial charge is 0.220 e. The summed E-state index contributed by atoms with van der Waals surface area (Å²) >= 11 is 9.40. The molecule has 5 heteroatoms. The molecular formula is C13H16BrClN2O. The topological polar surface area (TPSA) is 41.1 Å². The van der Waals surface area contributed by atoms with E-state index >= 15 is 0 Å². The minimum absolute atomic E-state index is 0.105. The maximum atomic E-state index is 11.7. The lowest BCUT2D eigenvalue weighted by atomic mass is 10.0. The molecule has 0 bridgehead atoms. The van der Waals surface area contributed by atoms with E-state index in [2.05, 4.69) is 26.6 Å². The summed E-state index contributed by atoms with van der Waals surface area (Å²) in [5.74, 6) is 0.709. The molecule has 0 unspecified atom stereocenters. The highest BCUT2D eigenvalue weighted by Gasteiger charge is 2.17. The molecule has 0 radical (unpaired) electrons. The normalized spacial score (nSPS) is 15.2. The summed E-state index contributed by atoms with van der Waals surface area (Å²) in [6, 6.07) is 5.64. The van der Waals surface area contributed by atoms with Crippen LogP contribution in [-0.2, 0) is 11.2 Å². The number of hydrogen-bond donors (Lipinski definition) is 2. The monoisotopic (exact) mass is 330 g/mol. The van der Waals surface area contributed by atoms with Crippen molar-refractivity contribution in [1.29, 1.82) is 0 Å². The van der Waals surface area contributed by atoms with Crippen LogP contribution in [0.4, 0.5) is 0 Å². The Labute approximate surface area is 120 Å². The number of carbonyl (C=O) groups is 1. The zero-order chi connectivity index (χ0) is 13.0. The molecular weight excluding hydrogens is 316 g/mol. The maximum Gasteiger partial charge on any atom is 0.220 e. The average molecular weight is 332 g/mol. The second kappa shape index (κ2) is 6.55. The molecule has 1 fully saturated rings. The zero-order valence-electron chi connectivity index (χ0n) is 10.0. The summed E-state index contributed by atoms with van der Waals surface area (Å²) in [6.07, 6.45) is 1.20. The number of nitrogens with one attached hydrogen (secondary N) is 2. The van der Waals surface area contributed by atoms with E-state index in [1.54, 1.807) is 0 Å². The van der Waals surface area contributed by atoms with Crippen LogP contribution in [0.25, 0.3) is 0 Å². The fraction of sp³-hybridized carbons (Fsp3) is 0.462. The van der Waals surface area contributed by atoms with Gasteiger partial charge >= 0.3 is 0 Å². The summed E-state index contributed by atoms with van der Waals surface area (Å²) in [5, 5.41) is 6.85. The summed E-state index contributed by atoms with van der Waals surface area (Å²) in [5.41, 5.74) is 1.07. The first-order valence-corrected chi connectivity index (χ1v) is 7.23. The molecule has 0 aliphatic carbocycles. The van der Waals surface area contributed by atoms with Gasteiger partial charge in [0.1, 0.15) is 0 Å². The third-order valence-electron chi connectivity index (χ3n) is 3.08. The van der Waals surface area contributed by atoms with Crippen molar-refractivity contribution < 1.29 is 4.79 Å². The van der Waals surface area contributed by atoms with Crippen molar-refractivity contribution in [1.82, 2.24) is 10.6 Å². The van der Waals surface area contributed by atoms with Gasteiger partial charge in [0.05, 0.1) is 0 Å². The zero-order valence-corrected chi connectivity index (χ0v) is 12.4. The molecule has 1 saturated heterocycles. The molecule has 18 heavy (non-hydrogen) atoms. The van der Waals surface area contributed by atoms with Crippen LogP contribution in [0.3, 0.4) is 0 Å². The highest BCUT2D eigenvalue weighted by molar-refractivity contribution is 9.10. The SMILES string of the molecule is O=C(CCc1cc(Cl)ccc1Br)NCC1CNC1. The van der Waals surface area contributed by atoms with Gasteiger partial charge in [-0.2, -0.15) is 0 Å². The average Bonchev–Trinajstić information content (AvgIpc) is 2.28. The van der Waals surface area contributed by atoms with Gasteiger partial charge in [0.2, 0.25) is 5.91 Å².